The molecule has 1 aromatic carbocycles. The molecule has 1 fully saturated rings. The van der Waals surface area contributed by atoms with E-state index in [1.807, 2.05) is 37.9 Å². The summed E-state index contributed by atoms with van der Waals surface area (Å²) in [4.78, 5) is 14.5. The summed E-state index contributed by atoms with van der Waals surface area (Å²) in [5, 5.41) is 6.04. The summed E-state index contributed by atoms with van der Waals surface area (Å²) in [6.07, 6.45) is 0. The van der Waals surface area contributed by atoms with Gasteiger partial charge >= 0.3 is 0 Å². The van der Waals surface area contributed by atoms with E-state index in [4.69, 9.17) is 0 Å². The van der Waals surface area contributed by atoms with Crippen LogP contribution in [0.2, 0.25) is 0 Å². The molecule has 0 bridgehead atoms. The van der Waals surface area contributed by atoms with E-state index in [0.29, 0.717) is 6.54 Å². The van der Waals surface area contributed by atoms with Gasteiger partial charge in [-0.05, 0) is 31.7 Å². The highest BCUT2D eigenvalue weighted by Gasteiger charge is 2.11. The molecule has 0 saturated carbocycles. The smallest absolute Gasteiger partial charge is 0.251 e. The molecule has 5 heteroatoms. The first-order valence-corrected chi connectivity index (χ1v) is 8.69. The fourth-order valence-corrected chi connectivity index (χ4v) is 3.21. The van der Waals surface area contributed by atoms with Gasteiger partial charge in [-0.25, -0.2) is 0 Å². The van der Waals surface area contributed by atoms with Crippen LogP contribution in [0, 0.1) is 0 Å². The number of nitrogens with zero attached hydrogens (tertiary/aromatic N) is 1. The van der Waals surface area contributed by atoms with E-state index in [1.54, 1.807) is 0 Å². The average Bonchev–Trinajstić information content (AvgIpc) is 2.54. The van der Waals surface area contributed by atoms with Gasteiger partial charge in [0.2, 0.25) is 0 Å². The van der Waals surface area contributed by atoms with Crippen molar-refractivity contribution in [2.45, 2.75) is 19.5 Å². The number of rotatable bonds is 6. The van der Waals surface area contributed by atoms with Crippen LogP contribution in [0.5, 0.6) is 0 Å². The van der Waals surface area contributed by atoms with Gasteiger partial charge in [-0.3, -0.25) is 9.69 Å². The third-order valence-electron chi connectivity index (χ3n) is 3.79. The highest BCUT2D eigenvalue weighted by molar-refractivity contribution is 7.99. The molecule has 1 aliphatic rings. The summed E-state index contributed by atoms with van der Waals surface area (Å²) in [5.41, 5.74) is 2.01. The number of hydrogen-bond donors (Lipinski definition) is 2. The topological polar surface area (TPSA) is 44.4 Å². The Kier molecular flexibility index (Phi) is 6.54. The van der Waals surface area contributed by atoms with Crippen LogP contribution in [0.3, 0.4) is 0 Å². The van der Waals surface area contributed by atoms with Crippen LogP contribution in [0.25, 0.3) is 0 Å². The molecule has 116 valence electrons. The van der Waals surface area contributed by atoms with E-state index >= 15 is 0 Å². The molecule has 4 nitrogen and oxygen atoms in total. The third kappa shape index (κ3) is 5.34. The van der Waals surface area contributed by atoms with E-state index in [1.165, 1.54) is 17.1 Å². The first kappa shape index (κ1) is 16.3. The van der Waals surface area contributed by atoms with Gasteiger partial charge in [0.05, 0.1) is 0 Å². The van der Waals surface area contributed by atoms with Crippen molar-refractivity contribution in [3.63, 3.8) is 0 Å². The zero-order chi connectivity index (χ0) is 15.1. The molecule has 1 saturated heterocycles. The van der Waals surface area contributed by atoms with E-state index in [9.17, 15) is 4.79 Å². The van der Waals surface area contributed by atoms with Gasteiger partial charge in [-0.15, -0.1) is 0 Å². The Morgan fingerprint density at radius 3 is 2.57 bits per heavy atom. The van der Waals surface area contributed by atoms with Crippen molar-refractivity contribution in [2.24, 2.45) is 0 Å². The predicted molar refractivity (Wildman–Crippen MR) is 89.9 cm³/mol. The Bertz CT molecular complexity index is 443. The van der Waals surface area contributed by atoms with Crippen LogP contribution in [0.4, 0.5) is 0 Å². The number of likely N-dealkylation sites (N-methyl/N-ethyl adjacent to an activating group) is 1. The highest BCUT2D eigenvalue weighted by Crippen LogP contribution is 2.13. The van der Waals surface area contributed by atoms with Crippen LogP contribution in [0.1, 0.15) is 22.8 Å². The average molecular weight is 307 g/mol. The van der Waals surface area contributed by atoms with Gasteiger partial charge in [0.25, 0.3) is 5.91 Å². The molecule has 1 amide bonds. The first-order valence-electron chi connectivity index (χ1n) is 7.53. The summed E-state index contributed by atoms with van der Waals surface area (Å²) in [6.45, 7) is 5.99. The minimum atomic E-state index is -0.00183. The van der Waals surface area contributed by atoms with Crippen LogP contribution in [0.15, 0.2) is 24.3 Å². The molecule has 1 atom stereocenters. The predicted octanol–water partition coefficient (Wildman–Crippen LogP) is 1.57. The number of benzene rings is 1. The van der Waals surface area contributed by atoms with Gasteiger partial charge in [-0.1, -0.05) is 12.1 Å². The minimum absolute atomic E-state index is 0.00183. The Morgan fingerprint density at radius 2 is 1.95 bits per heavy atom. The zero-order valence-corrected chi connectivity index (χ0v) is 13.7. The second-order valence-electron chi connectivity index (χ2n) is 5.49. The normalized spacial score (nSPS) is 17.4. The Hall–Kier alpha value is -1.04. The maximum absolute atomic E-state index is 12.0. The van der Waals surface area contributed by atoms with Crippen molar-refractivity contribution >= 4 is 17.7 Å². The molecule has 1 unspecified atom stereocenters. The van der Waals surface area contributed by atoms with E-state index in [-0.39, 0.29) is 11.9 Å². The number of hydrogen-bond acceptors (Lipinski definition) is 4. The lowest BCUT2D eigenvalue weighted by molar-refractivity contribution is 0.0950. The second-order valence-corrected chi connectivity index (χ2v) is 6.71. The molecule has 21 heavy (non-hydrogen) atoms. The van der Waals surface area contributed by atoms with Crippen molar-refractivity contribution in [1.29, 1.82) is 0 Å². The molecule has 1 aliphatic heterocycles. The lowest BCUT2D eigenvalue weighted by Gasteiger charge is -2.26. The largest absolute Gasteiger partial charge is 0.350 e. The summed E-state index contributed by atoms with van der Waals surface area (Å²) in [5.74, 6) is 2.45. The van der Waals surface area contributed by atoms with E-state index < -0.39 is 0 Å². The molecule has 0 radical (unpaired) electrons. The Morgan fingerprint density at radius 1 is 1.29 bits per heavy atom. The number of carbonyl (C=O) groups excluding carboxylic acids is 1. The fraction of sp³-hybridized carbons (Fsp3) is 0.562. The zero-order valence-electron chi connectivity index (χ0n) is 12.9. The number of thioether (sulfide) groups is 1. The van der Waals surface area contributed by atoms with E-state index in [0.717, 1.165) is 25.2 Å². The maximum atomic E-state index is 12.0. The summed E-state index contributed by atoms with van der Waals surface area (Å²) in [7, 11) is 1.89. The van der Waals surface area contributed by atoms with Crippen molar-refractivity contribution in [2.75, 3.05) is 38.2 Å². The molecular formula is C16H25N3OS. The van der Waals surface area contributed by atoms with Gasteiger partial charge in [0, 0.05) is 49.3 Å². The van der Waals surface area contributed by atoms with Gasteiger partial charge in [-0.2, -0.15) is 11.8 Å². The summed E-state index contributed by atoms with van der Waals surface area (Å²) in [6, 6.07) is 8.27. The number of nitrogens with one attached hydrogen (secondary N) is 2. The van der Waals surface area contributed by atoms with Crippen molar-refractivity contribution < 1.29 is 4.79 Å². The minimum Gasteiger partial charge on any atom is -0.350 e. The quantitative estimate of drug-likeness (QED) is 0.837. The van der Waals surface area contributed by atoms with Crippen molar-refractivity contribution in [1.82, 2.24) is 15.5 Å². The molecule has 0 aliphatic carbocycles. The van der Waals surface area contributed by atoms with Crippen LogP contribution in [-0.4, -0.2) is 55.0 Å². The Labute approximate surface area is 131 Å². The SMILES string of the molecule is CNC(C)CNC(=O)c1ccc(CN2CCSCC2)cc1. The lowest BCUT2D eigenvalue weighted by Crippen LogP contribution is -2.37. The Balaban J connectivity index is 1.84. The first-order chi connectivity index (χ1) is 10.2. The van der Waals surface area contributed by atoms with Crippen LogP contribution in [-0.2, 0) is 6.54 Å². The van der Waals surface area contributed by atoms with Gasteiger partial charge in [0.15, 0.2) is 0 Å². The standard InChI is InChI=1S/C16H25N3OS/c1-13(17-2)11-18-16(20)15-5-3-14(4-6-15)12-19-7-9-21-10-8-19/h3-6,13,17H,7-12H2,1-2H3,(H,18,20). The second kappa shape index (κ2) is 8.41. The monoisotopic (exact) mass is 307 g/mol. The van der Waals surface area contributed by atoms with E-state index in [2.05, 4.69) is 27.7 Å². The van der Waals surface area contributed by atoms with Crippen molar-refractivity contribution in [3.8, 4) is 0 Å². The van der Waals surface area contributed by atoms with Crippen LogP contribution < -0.4 is 10.6 Å². The summed E-state index contributed by atoms with van der Waals surface area (Å²) >= 11 is 2.03. The molecular weight excluding hydrogens is 282 g/mol. The maximum Gasteiger partial charge on any atom is 0.251 e. The molecule has 2 rings (SSSR count). The highest BCUT2D eigenvalue weighted by atomic mass is 32.2. The molecule has 0 spiro atoms. The molecule has 2 N–H and O–H groups in total. The fourth-order valence-electron chi connectivity index (χ4n) is 2.23. The number of carbonyl (C=O) groups is 1. The van der Waals surface area contributed by atoms with Gasteiger partial charge in [0.1, 0.15) is 0 Å². The molecule has 1 aromatic rings. The lowest BCUT2D eigenvalue weighted by atomic mass is 10.1. The third-order valence-corrected chi connectivity index (χ3v) is 4.73. The molecule has 0 aromatic heterocycles. The summed E-state index contributed by atoms with van der Waals surface area (Å²) < 4.78 is 0. The van der Waals surface area contributed by atoms with Crippen LogP contribution >= 0.6 is 11.8 Å². The molecule has 1 heterocycles. The van der Waals surface area contributed by atoms with Crippen molar-refractivity contribution in [3.05, 3.63) is 35.4 Å². The number of amides is 1. The van der Waals surface area contributed by atoms with Gasteiger partial charge < -0.3 is 10.6 Å².